The minimum absolute atomic E-state index is 0.185. The number of carbonyl (C=O) groups is 1. The van der Waals surface area contributed by atoms with Gasteiger partial charge < -0.3 is 20.7 Å². The number of para-hydroxylation sites is 2. The fourth-order valence-electron chi connectivity index (χ4n) is 3.04. The maximum absolute atomic E-state index is 13.1. The number of benzene rings is 2. The summed E-state index contributed by atoms with van der Waals surface area (Å²) in [5.74, 6) is 0.513. The summed E-state index contributed by atoms with van der Waals surface area (Å²) >= 11 is 5.30. The zero-order valence-electron chi connectivity index (χ0n) is 14.9. The van der Waals surface area contributed by atoms with Crippen molar-refractivity contribution in [2.45, 2.75) is 19.9 Å². The normalized spacial score (nSPS) is 16.6. The minimum atomic E-state index is -0.399. The fraction of sp³-hybridized carbons (Fsp3) is 0.200. The zero-order valence-corrected chi connectivity index (χ0v) is 15.7. The summed E-state index contributed by atoms with van der Waals surface area (Å²) in [5.41, 5.74) is 3.93. The van der Waals surface area contributed by atoms with Gasteiger partial charge in [0, 0.05) is 16.9 Å². The molecule has 0 saturated heterocycles. The standard InChI is InChI=1S/C20H21N3O2S/c1-12-8-4-6-10-15(12)22-19(24)17-13(2)21-20(26)23-18(17)14-9-5-7-11-16(14)25-3/h4-11,18H,1-3H3,(H,22,24)(H2,21,23,26)/t18-/m0/s1. The average Bonchev–Trinajstić information content (AvgIpc) is 2.62. The summed E-state index contributed by atoms with van der Waals surface area (Å²) in [5, 5.41) is 9.72. The number of methoxy groups -OCH3 is 1. The number of aryl methyl sites for hydroxylation is 1. The van der Waals surface area contributed by atoms with E-state index in [1.807, 2.05) is 62.4 Å². The van der Waals surface area contributed by atoms with E-state index in [-0.39, 0.29) is 5.91 Å². The van der Waals surface area contributed by atoms with Gasteiger partial charge >= 0.3 is 0 Å². The number of nitrogens with one attached hydrogen (secondary N) is 3. The second-order valence-corrected chi connectivity index (χ2v) is 6.49. The molecule has 1 heterocycles. The number of rotatable bonds is 4. The lowest BCUT2D eigenvalue weighted by molar-refractivity contribution is -0.113. The van der Waals surface area contributed by atoms with Gasteiger partial charge in [-0.3, -0.25) is 4.79 Å². The SMILES string of the molecule is COc1ccccc1[C@@H]1NC(=S)NC(C)=C1C(=O)Nc1ccccc1C. The van der Waals surface area contributed by atoms with E-state index in [9.17, 15) is 4.79 Å². The van der Waals surface area contributed by atoms with E-state index < -0.39 is 6.04 Å². The van der Waals surface area contributed by atoms with Crippen molar-refractivity contribution in [1.82, 2.24) is 10.6 Å². The molecule has 2 aromatic rings. The first kappa shape index (κ1) is 17.9. The van der Waals surface area contributed by atoms with Crippen molar-refractivity contribution in [2.24, 2.45) is 0 Å². The molecule has 2 aromatic carbocycles. The average molecular weight is 367 g/mol. The number of thiocarbonyl (C=S) groups is 1. The molecule has 1 aliphatic rings. The van der Waals surface area contributed by atoms with Crippen molar-refractivity contribution >= 4 is 28.9 Å². The number of anilines is 1. The Kier molecular flexibility index (Phi) is 5.23. The van der Waals surface area contributed by atoms with Crippen molar-refractivity contribution in [3.63, 3.8) is 0 Å². The van der Waals surface area contributed by atoms with E-state index in [1.165, 1.54) is 0 Å². The Morgan fingerprint density at radius 1 is 1.12 bits per heavy atom. The maximum atomic E-state index is 13.1. The fourth-order valence-corrected chi connectivity index (χ4v) is 3.31. The lowest BCUT2D eigenvalue weighted by atomic mass is 9.94. The molecule has 134 valence electrons. The van der Waals surface area contributed by atoms with Crippen molar-refractivity contribution in [3.8, 4) is 5.75 Å². The Morgan fingerprint density at radius 2 is 1.81 bits per heavy atom. The molecule has 0 aromatic heterocycles. The van der Waals surface area contributed by atoms with Crippen LogP contribution in [0.5, 0.6) is 5.75 Å². The van der Waals surface area contributed by atoms with Gasteiger partial charge in [0.25, 0.3) is 5.91 Å². The van der Waals surface area contributed by atoms with Crippen molar-refractivity contribution in [3.05, 3.63) is 70.9 Å². The number of allylic oxidation sites excluding steroid dienone is 1. The van der Waals surface area contributed by atoms with E-state index in [1.54, 1.807) is 7.11 Å². The number of ether oxygens (including phenoxy) is 1. The van der Waals surface area contributed by atoms with E-state index in [0.29, 0.717) is 16.4 Å². The molecule has 1 aliphatic heterocycles. The van der Waals surface area contributed by atoms with E-state index in [4.69, 9.17) is 17.0 Å². The summed E-state index contributed by atoms with van der Waals surface area (Å²) in [6, 6.07) is 14.9. The topological polar surface area (TPSA) is 62.4 Å². The van der Waals surface area contributed by atoms with Gasteiger partial charge in [0.2, 0.25) is 0 Å². The van der Waals surface area contributed by atoms with Crippen LogP contribution in [-0.4, -0.2) is 18.1 Å². The number of carbonyl (C=O) groups excluding carboxylic acids is 1. The molecule has 6 heteroatoms. The summed E-state index contributed by atoms with van der Waals surface area (Å²) in [6.45, 7) is 3.81. The van der Waals surface area contributed by atoms with Crippen molar-refractivity contribution < 1.29 is 9.53 Å². The minimum Gasteiger partial charge on any atom is -0.496 e. The van der Waals surface area contributed by atoms with Crippen LogP contribution in [0.3, 0.4) is 0 Å². The molecular weight excluding hydrogens is 346 g/mol. The van der Waals surface area contributed by atoms with E-state index >= 15 is 0 Å². The lowest BCUT2D eigenvalue weighted by Crippen LogP contribution is -2.45. The van der Waals surface area contributed by atoms with Crippen LogP contribution in [0.15, 0.2) is 59.8 Å². The Morgan fingerprint density at radius 3 is 2.54 bits per heavy atom. The molecule has 1 atom stereocenters. The van der Waals surface area contributed by atoms with Crippen molar-refractivity contribution in [1.29, 1.82) is 0 Å². The highest BCUT2D eigenvalue weighted by atomic mass is 32.1. The van der Waals surface area contributed by atoms with E-state index in [0.717, 1.165) is 22.5 Å². The van der Waals surface area contributed by atoms with E-state index in [2.05, 4.69) is 16.0 Å². The molecule has 26 heavy (non-hydrogen) atoms. The second kappa shape index (κ2) is 7.58. The molecule has 0 radical (unpaired) electrons. The molecule has 3 rings (SSSR count). The van der Waals surface area contributed by atoms with Gasteiger partial charge in [0.1, 0.15) is 5.75 Å². The molecule has 0 saturated carbocycles. The maximum Gasteiger partial charge on any atom is 0.255 e. The third-order valence-electron chi connectivity index (χ3n) is 4.36. The summed E-state index contributed by atoms with van der Waals surface area (Å²) < 4.78 is 5.48. The summed E-state index contributed by atoms with van der Waals surface area (Å²) in [6.07, 6.45) is 0. The zero-order chi connectivity index (χ0) is 18.7. The van der Waals surface area contributed by atoms with Gasteiger partial charge in [-0.1, -0.05) is 36.4 Å². The predicted octanol–water partition coefficient (Wildman–Crippen LogP) is 3.44. The quantitative estimate of drug-likeness (QED) is 0.723. The van der Waals surface area contributed by atoms with Crippen LogP contribution in [0.4, 0.5) is 5.69 Å². The molecule has 1 amide bonds. The third-order valence-corrected chi connectivity index (χ3v) is 4.58. The lowest BCUT2D eigenvalue weighted by Gasteiger charge is -2.31. The van der Waals surface area contributed by atoms with Crippen LogP contribution >= 0.6 is 12.2 Å². The van der Waals surface area contributed by atoms with Crippen molar-refractivity contribution in [2.75, 3.05) is 12.4 Å². The number of hydrogen-bond acceptors (Lipinski definition) is 3. The molecule has 0 unspecified atom stereocenters. The first-order chi connectivity index (χ1) is 12.5. The smallest absolute Gasteiger partial charge is 0.255 e. The van der Waals surface area contributed by atoms with Gasteiger partial charge in [0.15, 0.2) is 5.11 Å². The molecule has 0 fully saturated rings. The first-order valence-electron chi connectivity index (χ1n) is 8.29. The van der Waals surface area contributed by atoms with Gasteiger partial charge in [-0.2, -0.15) is 0 Å². The van der Waals surface area contributed by atoms with Crippen LogP contribution in [0, 0.1) is 6.92 Å². The van der Waals surface area contributed by atoms with Crippen LogP contribution in [0.2, 0.25) is 0 Å². The molecule has 0 aliphatic carbocycles. The highest BCUT2D eigenvalue weighted by Crippen LogP contribution is 2.33. The van der Waals surface area contributed by atoms with Gasteiger partial charge in [-0.15, -0.1) is 0 Å². The van der Waals surface area contributed by atoms with Crippen LogP contribution in [0.1, 0.15) is 24.1 Å². The highest BCUT2D eigenvalue weighted by Gasteiger charge is 2.31. The Hall–Kier alpha value is -2.86. The van der Waals surface area contributed by atoms with Gasteiger partial charge in [-0.05, 0) is 43.8 Å². The molecule has 3 N–H and O–H groups in total. The van der Waals surface area contributed by atoms with Crippen LogP contribution in [-0.2, 0) is 4.79 Å². The van der Waals surface area contributed by atoms with Crippen LogP contribution < -0.4 is 20.7 Å². The molecular formula is C20H21N3O2S. The van der Waals surface area contributed by atoms with Gasteiger partial charge in [-0.25, -0.2) is 0 Å². The third kappa shape index (κ3) is 3.55. The largest absolute Gasteiger partial charge is 0.496 e. The Bertz CT molecular complexity index is 892. The molecule has 5 nitrogen and oxygen atoms in total. The number of hydrogen-bond donors (Lipinski definition) is 3. The summed E-state index contributed by atoms with van der Waals surface area (Å²) in [4.78, 5) is 13.1. The predicted molar refractivity (Wildman–Crippen MR) is 107 cm³/mol. The Balaban J connectivity index is 2.01. The second-order valence-electron chi connectivity index (χ2n) is 6.08. The molecule has 0 spiro atoms. The summed E-state index contributed by atoms with van der Waals surface area (Å²) in [7, 11) is 1.61. The molecule has 0 bridgehead atoms. The van der Waals surface area contributed by atoms with Crippen LogP contribution in [0.25, 0.3) is 0 Å². The highest BCUT2D eigenvalue weighted by molar-refractivity contribution is 7.80. The van der Waals surface area contributed by atoms with Gasteiger partial charge in [0.05, 0.1) is 18.7 Å². The number of amides is 1. The first-order valence-corrected chi connectivity index (χ1v) is 8.70. The Labute approximate surface area is 158 Å². The monoisotopic (exact) mass is 367 g/mol.